The van der Waals surface area contributed by atoms with Crippen molar-refractivity contribution in [2.45, 2.75) is 58.0 Å². The van der Waals surface area contributed by atoms with E-state index >= 15 is 0 Å². The van der Waals surface area contributed by atoms with Gasteiger partial charge in [0.25, 0.3) is 0 Å². The number of H-pyrrole nitrogens is 1. The fourth-order valence-corrected chi connectivity index (χ4v) is 2.57. The number of fused-ring (bicyclic) bond motifs is 1. The zero-order valence-electron chi connectivity index (χ0n) is 11.8. The summed E-state index contributed by atoms with van der Waals surface area (Å²) in [5.74, 6) is -1.03. The van der Waals surface area contributed by atoms with Crippen LogP contribution in [0.2, 0.25) is 0 Å². The van der Waals surface area contributed by atoms with Crippen molar-refractivity contribution in [1.29, 1.82) is 0 Å². The predicted molar refractivity (Wildman–Crippen MR) is 73.0 cm³/mol. The highest BCUT2D eigenvalue weighted by Gasteiger charge is 2.35. The number of carboxylic acid groups (broad SMARTS) is 1. The van der Waals surface area contributed by atoms with E-state index in [2.05, 4.69) is 16.9 Å². The second-order valence-electron chi connectivity index (χ2n) is 5.22. The molecule has 1 aromatic heterocycles. The van der Waals surface area contributed by atoms with Crippen LogP contribution in [0.4, 0.5) is 0 Å². The first-order valence-electron chi connectivity index (χ1n) is 7.17. The van der Waals surface area contributed by atoms with Crippen LogP contribution in [-0.4, -0.2) is 37.9 Å². The van der Waals surface area contributed by atoms with E-state index in [9.17, 15) is 14.7 Å². The summed E-state index contributed by atoms with van der Waals surface area (Å²) in [7, 11) is 0. The highest BCUT2D eigenvalue weighted by Crippen LogP contribution is 2.22. The number of rotatable bonds is 6. The maximum absolute atomic E-state index is 12.2. The number of hydrogen-bond donors (Lipinski definition) is 2. The lowest BCUT2D eigenvalue weighted by atomic mass is 10.0. The van der Waals surface area contributed by atoms with Crippen molar-refractivity contribution in [2.24, 2.45) is 0 Å². The Labute approximate surface area is 118 Å². The average molecular weight is 279 g/mol. The molecule has 20 heavy (non-hydrogen) atoms. The Bertz CT molecular complexity index is 484. The van der Waals surface area contributed by atoms with Gasteiger partial charge < -0.3 is 15.0 Å². The Kier molecular flexibility index (Phi) is 4.76. The van der Waals surface area contributed by atoms with Crippen molar-refractivity contribution < 1.29 is 14.7 Å². The zero-order chi connectivity index (χ0) is 14.5. The second kappa shape index (κ2) is 6.54. The Morgan fingerprint density at radius 1 is 1.45 bits per heavy atom. The van der Waals surface area contributed by atoms with Crippen molar-refractivity contribution in [3.8, 4) is 0 Å². The molecule has 6 nitrogen and oxygen atoms in total. The maximum atomic E-state index is 12.2. The third-order valence-electron chi connectivity index (χ3n) is 3.75. The van der Waals surface area contributed by atoms with Gasteiger partial charge in [-0.15, -0.1) is 0 Å². The van der Waals surface area contributed by atoms with Crippen molar-refractivity contribution in [1.82, 2.24) is 14.9 Å². The van der Waals surface area contributed by atoms with Crippen molar-refractivity contribution in [2.75, 3.05) is 0 Å². The van der Waals surface area contributed by atoms with E-state index in [4.69, 9.17) is 0 Å². The summed E-state index contributed by atoms with van der Waals surface area (Å²) >= 11 is 0. The van der Waals surface area contributed by atoms with Gasteiger partial charge in [0.15, 0.2) is 0 Å². The van der Waals surface area contributed by atoms with Crippen molar-refractivity contribution in [3.63, 3.8) is 0 Å². The van der Waals surface area contributed by atoms with E-state index < -0.39 is 12.0 Å². The topological polar surface area (TPSA) is 86.3 Å². The second-order valence-corrected chi connectivity index (χ2v) is 5.22. The molecule has 1 aliphatic heterocycles. The minimum absolute atomic E-state index is 0.0752. The number of hydrogen-bond acceptors (Lipinski definition) is 3. The lowest BCUT2D eigenvalue weighted by Crippen LogP contribution is -2.48. The molecule has 0 bridgehead atoms. The van der Waals surface area contributed by atoms with Crippen LogP contribution in [0, 0.1) is 0 Å². The smallest absolute Gasteiger partial charge is 0.326 e. The highest BCUT2D eigenvalue weighted by molar-refractivity contribution is 5.84. The fraction of sp³-hybridized carbons (Fsp3) is 0.643. The molecule has 0 saturated heterocycles. The molecule has 0 aliphatic carbocycles. The minimum atomic E-state index is -0.958. The molecule has 0 saturated carbocycles. The molecule has 1 aliphatic rings. The Morgan fingerprint density at radius 3 is 2.95 bits per heavy atom. The molecule has 0 spiro atoms. The zero-order valence-corrected chi connectivity index (χ0v) is 11.8. The molecular weight excluding hydrogens is 258 g/mol. The van der Waals surface area contributed by atoms with Crippen LogP contribution in [0.1, 0.15) is 50.4 Å². The van der Waals surface area contributed by atoms with Crippen LogP contribution in [0.3, 0.4) is 0 Å². The van der Waals surface area contributed by atoms with E-state index in [0.29, 0.717) is 13.0 Å². The molecule has 0 fully saturated rings. The summed E-state index contributed by atoms with van der Waals surface area (Å²) in [5.41, 5.74) is 1.61. The SMILES string of the molecule is CCCCCCC(=O)N1Cc2[nH]cnc2CC1C(=O)O. The average Bonchev–Trinajstić information content (AvgIpc) is 2.89. The van der Waals surface area contributed by atoms with Gasteiger partial charge in [-0.3, -0.25) is 4.79 Å². The van der Waals surface area contributed by atoms with Gasteiger partial charge in [0.2, 0.25) is 5.91 Å². The van der Waals surface area contributed by atoms with Gasteiger partial charge in [0, 0.05) is 12.8 Å². The van der Waals surface area contributed by atoms with E-state index in [0.717, 1.165) is 37.1 Å². The molecule has 1 amide bonds. The molecule has 0 aromatic carbocycles. The van der Waals surface area contributed by atoms with Crippen LogP contribution in [0.5, 0.6) is 0 Å². The van der Waals surface area contributed by atoms with Crippen LogP contribution in [0.15, 0.2) is 6.33 Å². The number of carbonyl (C=O) groups excluding carboxylic acids is 1. The van der Waals surface area contributed by atoms with Crippen LogP contribution in [0.25, 0.3) is 0 Å². The summed E-state index contributed by atoms with van der Waals surface area (Å²) in [6, 6.07) is -0.788. The number of nitrogens with zero attached hydrogens (tertiary/aromatic N) is 2. The summed E-state index contributed by atoms with van der Waals surface area (Å²) in [6.45, 7) is 2.44. The molecule has 110 valence electrons. The van der Waals surface area contributed by atoms with Gasteiger partial charge >= 0.3 is 5.97 Å². The molecule has 6 heteroatoms. The largest absolute Gasteiger partial charge is 0.480 e. The number of carboxylic acids is 1. The van der Waals surface area contributed by atoms with Gasteiger partial charge in [-0.25, -0.2) is 9.78 Å². The Balaban J connectivity index is 2.01. The third kappa shape index (κ3) is 3.18. The number of aromatic amines is 1. The first kappa shape index (κ1) is 14.6. The van der Waals surface area contributed by atoms with Gasteiger partial charge in [0.1, 0.15) is 6.04 Å². The summed E-state index contributed by atoms with van der Waals surface area (Å²) < 4.78 is 0. The van der Waals surface area contributed by atoms with Crippen LogP contribution >= 0.6 is 0 Å². The molecule has 0 radical (unpaired) electrons. The summed E-state index contributed by atoms with van der Waals surface area (Å²) in [4.78, 5) is 32.1. The first-order valence-corrected chi connectivity index (χ1v) is 7.17. The molecule has 1 atom stereocenters. The number of aromatic nitrogens is 2. The van der Waals surface area contributed by atoms with Gasteiger partial charge in [-0.1, -0.05) is 26.2 Å². The summed E-state index contributed by atoms with van der Waals surface area (Å²) in [6.07, 6.45) is 6.34. The van der Waals surface area contributed by atoms with Crippen molar-refractivity contribution >= 4 is 11.9 Å². The third-order valence-corrected chi connectivity index (χ3v) is 3.75. The van der Waals surface area contributed by atoms with Crippen LogP contribution in [-0.2, 0) is 22.6 Å². The number of unbranched alkanes of at least 4 members (excludes halogenated alkanes) is 3. The van der Waals surface area contributed by atoms with Gasteiger partial charge in [0.05, 0.1) is 24.3 Å². The molecular formula is C14H21N3O3. The van der Waals surface area contributed by atoms with Crippen molar-refractivity contribution in [3.05, 3.63) is 17.7 Å². The quantitative estimate of drug-likeness (QED) is 0.776. The lowest BCUT2D eigenvalue weighted by Gasteiger charge is -2.32. The first-order chi connectivity index (χ1) is 9.63. The Morgan fingerprint density at radius 2 is 2.25 bits per heavy atom. The number of imidazole rings is 1. The molecule has 2 rings (SSSR count). The standard InChI is InChI=1S/C14H21N3O3/c1-2-3-4-5-6-13(18)17-8-11-10(15-9-16-11)7-12(17)14(19)20/h9,12H,2-8H2,1H3,(H,15,16)(H,19,20). The molecule has 2 heterocycles. The van der Waals surface area contributed by atoms with Gasteiger partial charge in [-0.2, -0.15) is 0 Å². The molecule has 1 aromatic rings. The van der Waals surface area contributed by atoms with E-state index in [1.165, 1.54) is 4.90 Å². The number of nitrogens with one attached hydrogen (secondary N) is 1. The monoisotopic (exact) mass is 279 g/mol. The lowest BCUT2D eigenvalue weighted by molar-refractivity contribution is -0.151. The molecule has 1 unspecified atom stereocenters. The molecule has 2 N–H and O–H groups in total. The fourth-order valence-electron chi connectivity index (χ4n) is 2.57. The Hall–Kier alpha value is -1.85. The number of carbonyl (C=O) groups is 2. The van der Waals surface area contributed by atoms with Gasteiger partial charge in [-0.05, 0) is 6.42 Å². The van der Waals surface area contributed by atoms with E-state index in [-0.39, 0.29) is 12.3 Å². The number of aliphatic carboxylic acids is 1. The summed E-state index contributed by atoms with van der Waals surface area (Å²) in [5, 5.41) is 9.30. The predicted octanol–water partition coefficient (Wildman–Crippen LogP) is 1.72. The van der Waals surface area contributed by atoms with E-state index in [1.807, 2.05) is 0 Å². The normalized spacial score (nSPS) is 17.9. The minimum Gasteiger partial charge on any atom is -0.480 e. The highest BCUT2D eigenvalue weighted by atomic mass is 16.4. The maximum Gasteiger partial charge on any atom is 0.326 e. The van der Waals surface area contributed by atoms with E-state index in [1.54, 1.807) is 6.33 Å². The van der Waals surface area contributed by atoms with Crippen LogP contribution < -0.4 is 0 Å². The number of amides is 1.